The topological polar surface area (TPSA) is 66.9 Å². The van der Waals surface area contributed by atoms with Crippen molar-refractivity contribution in [2.45, 2.75) is 44.6 Å². The van der Waals surface area contributed by atoms with Crippen molar-refractivity contribution in [1.82, 2.24) is 19.9 Å². The molecule has 1 aromatic carbocycles. The molecule has 1 saturated heterocycles. The summed E-state index contributed by atoms with van der Waals surface area (Å²) >= 11 is 0. The monoisotopic (exact) mass is 375 g/mol. The van der Waals surface area contributed by atoms with Gasteiger partial charge in [0, 0.05) is 36.0 Å². The van der Waals surface area contributed by atoms with Gasteiger partial charge < -0.3 is 14.6 Å². The van der Waals surface area contributed by atoms with E-state index in [4.69, 9.17) is 14.7 Å². The standard InChI is InChI=1S/C22H25N5O/c1-14-24-19-9-10-20-17(21(19)25-14)4-3-13-27(20)22-23-12-11-18(26-22)15-5-7-16(28-2)8-6-15/h5-8,11-12,17,20H,3-4,9-10,13H2,1-2H3,(H,24,25)/t17-,20-/m1/s1. The molecule has 0 unspecified atom stereocenters. The van der Waals surface area contributed by atoms with Gasteiger partial charge in [-0.25, -0.2) is 15.0 Å². The Kier molecular flexibility index (Phi) is 4.26. The van der Waals surface area contributed by atoms with Crippen molar-refractivity contribution in [3.8, 4) is 17.0 Å². The Balaban J connectivity index is 1.46. The Hall–Kier alpha value is -2.89. The zero-order valence-electron chi connectivity index (χ0n) is 16.4. The van der Waals surface area contributed by atoms with Crippen LogP contribution in [0.15, 0.2) is 36.5 Å². The molecule has 0 bridgehead atoms. The van der Waals surface area contributed by atoms with E-state index in [1.165, 1.54) is 17.8 Å². The molecule has 0 radical (unpaired) electrons. The summed E-state index contributed by atoms with van der Waals surface area (Å²) in [7, 11) is 1.68. The molecule has 3 aromatic rings. The number of hydrogen-bond donors (Lipinski definition) is 1. The van der Waals surface area contributed by atoms with E-state index in [0.29, 0.717) is 12.0 Å². The van der Waals surface area contributed by atoms with Gasteiger partial charge in [-0.05, 0) is 62.9 Å². The van der Waals surface area contributed by atoms with Crippen molar-refractivity contribution < 1.29 is 4.74 Å². The molecule has 0 saturated carbocycles. The van der Waals surface area contributed by atoms with E-state index < -0.39 is 0 Å². The lowest BCUT2D eigenvalue weighted by Crippen LogP contribution is -2.47. The molecule has 144 valence electrons. The number of nitrogens with one attached hydrogen (secondary N) is 1. The third-order valence-corrected chi connectivity index (χ3v) is 6.03. The summed E-state index contributed by atoms with van der Waals surface area (Å²) in [6.45, 7) is 3.06. The number of rotatable bonds is 3. The second-order valence-corrected chi connectivity index (χ2v) is 7.70. The van der Waals surface area contributed by atoms with Gasteiger partial charge in [0.25, 0.3) is 0 Å². The Morgan fingerprint density at radius 2 is 1.96 bits per heavy atom. The van der Waals surface area contributed by atoms with Crippen LogP contribution in [0.3, 0.4) is 0 Å². The number of aromatic amines is 1. The predicted molar refractivity (Wildman–Crippen MR) is 109 cm³/mol. The SMILES string of the molecule is COc1ccc(-c2ccnc(N3CCC[C@H]4c5nc(C)[nH]c5CC[C@H]43)n2)cc1. The van der Waals surface area contributed by atoms with Gasteiger partial charge in [0.1, 0.15) is 11.6 Å². The molecule has 1 aliphatic heterocycles. The lowest BCUT2D eigenvalue weighted by atomic mass is 9.79. The molecule has 2 aromatic heterocycles. The maximum absolute atomic E-state index is 5.26. The van der Waals surface area contributed by atoms with Crippen LogP contribution in [0.2, 0.25) is 0 Å². The zero-order valence-corrected chi connectivity index (χ0v) is 16.4. The quantitative estimate of drug-likeness (QED) is 0.752. The normalized spacial score (nSPS) is 21.1. The number of fused-ring (bicyclic) bond motifs is 3. The van der Waals surface area contributed by atoms with Crippen LogP contribution in [0, 0.1) is 6.92 Å². The highest BCUT2D eigenvalue weighted by atomic mass is 16.5. The van der Waals surface area contributed by atoms with Gasteiger partial charge in [-0.3, -0.25) is 0 Å². The first kappa shape index (κ1) is 17.2. The van der Waals surface area contributed by atoms with Crippen molar-refractivity contribution in [2.24, 2.45) is 0 Å². The van der Waals surface area contributed by atoms with Crippen molar-refractivity contribution in [3.63, 3.8) is 0 Å². The van der Waals surface area contributed by atoms with Crippen LogP contribution in [0.5, 0.6) is 5.75 Å². The van der Waals surface area contributed by atoms with Crippen molar-refractivity contribution in [3.05, 3.63) is 53.7 Å². The lowest BCUT2D eigenvalue weighted by Gasteiger charge is -2.43. The van der Waals surface area contributed by atoms with E-state index in [-0.39, 0.29) is 0 Å². The molecule has 6 heteroatoms. The predicted octanol–water partition coefficient (Wildman–Crippen LogP) is 3.88. The highest BCUT2D eigenvalue weighted by Gasteiger charge is 2.39. The van der Waals surface area contributed by atoms with E-state index in [9.17, 15) is 0 Å². The number of ether oxygens (including phenoxy) is 1. The molecule has 1 aliphatic carbocycles. The molecule has 0 amide bonds. The van der Waals surface area contributed by atoms with Crippen LogP contribution in [0.4, 0.5) is 5.95 Å². The number of aromatic nitrogens is 4. The number of nitrogens with zero attached hydrogens (tertiary/aromatic N) is 4. The maximum Gasteiger partial charge on any atom is 0.226 e. The number of hydrogen-bond acceptors (Lipinski definition) is 5. The fraction of sp³-hybridized carbons (Fsp3) is 0.409. The fourth-order valence-corrected chi connectivity index (χ4v) is 4.74. The lowest BCUT2D eigenvalue weighted by molar-refractivity contribution is 0.355. The van der Waals surface area contributed by atoms with E-state index in [1.54, 1.807) is 7.11 Å². The minimum Gasteiger partial charge on any atom is -0.497 e. The molecule has 2 aliphatic rings. The van der Waals surface area contributed by atoms with Gasteiger partial charge >= 0.3 is 0 Å². The molecular formula is C22H25N5O. The number of methoxy groups -OCH3 is 1. The Bertz CT molecular complexity index is 981. The second kappa shape index (κ2) is 6.93. The van der Waals surface area contributed by atoms with Crippen LogP contribution >= 0.6 is 0 Å². The Morgan fingerprint density at radius 1 is 1.11 bits per heavy atom. The molecule has 1 fully saturated rings. The van der Waals surface area contributed by atoms with Gasteiger partial charge in [0.2, 0.25) is 5.95 Å². The summed E-state index contributed by atoms with van der Waals surface area (Å²) in [5, 5.41) is 0. The largest absolute Gasteiger partial charge is 0.497 e. The summed E-state index contributed by atoms with van der Waals surface area (Å²) in [6.07, 6.45) is 6.37. The highest BCUT2D eigenvalue weighted by Crippen LogP contribution is 2.40. The van der Waals surface area contributed by atoms with Gasteiger partial charge in [0.05, 0.1) is 18.5 Å². The number of H-pyrrole nitrogens is 1. The summed E-state index contributed by atoms with van der Waals surface area (Å²) in [4.78, 5) is 20.2. The summed E-state index contributed by atoms with van der Waals surface area (Å²) in [6, 6.07) is 10.4. The number of imidazole rings is 1. The van der Waals surface area contributed by atoms with Crippen molar-refractivity contribution in [1.29, 1.82) is 0 Å². The first-order valence-corrected chi connectivity index (χ1v) is 10.0. The van der Waals surface area contributed by atoms with E-state index in [2.05, 4.69) is 21.8 Å². The summed E-state index contributed by atoms with van der Waals surface area (Å²) in [5.74, 6) is 3.18. The van der Waals surface area contributed by atoms with Crippen LogP contribution in [-0.2, 0) is 6.42 Å². The Labute approximate surface area is 165 Å². The first-order chi connectivity index (χ1) is 13.7. The maximum atomic E-state index is 5.26. The Morgan fingerprint density at radius 3 is 2.79 bits per heavy atom. The smallest absolute Gasteiger partial charge is 0.226 e. The first-order valence-electron chi connectivity index (χ1n) is 10.0. The van der Waals surface area contributed by atoms with Crippen LogP contribution < -0.4 is 9.64 Å². The minimum atomic E-state index is 0.426. The van der Waals surface area contributed by atoms with Gasteiger partial charge in [-0.2, -0.15) is 0 Å². The zero-order chi connectivity index (χ0) is 19.1. The van der Waals surface area contributed by atoms with Crippen LogP contribution in [0.25, 0.3) is 11.3 Å². The van der Waals surface area contributed by atoms with Crippen molar-refractivity contribution >= 4 is 5.95 Å². The minimum absolute atomic E-state index is 0.426. The molecular weight excluding hydrogens is 350 g/mol. The molecule has 6 nitrogen and oxygen atoms in total. The van der Waals surface area contributed by atoms with E-state index >= 15 is 0 Å². The second-order valence-electron chi connectivity index (χ2n) is 7.70. The molecule has 3 heterocycles. The van der Waals surface area contributed by atoms with Gasteiger partial charge in [0.15, 0.2) is 0 Å². The average molecular weight is 375 g/mol. The van der Waals surface area contributed by atoms with E-state index in [1.807, 2.05) is 36.5 Å². The molecule has 28 heavy (non-hydrogen) atoms. The van der Waals surface area contributed by atoms with Gasteiger partial charge in [-0.1, -0.05) is 0 Å². The van der Waals surface area contributed by atoms with E-state index in [0.717, 1.165) is 54.6 Å². The summed E-state index contributed by atoms with van der Waals surface area (Å²) < 4.78 is 5.26. The van der Waals surface area contributed by atoms with Crippen LogP contribution in [0.1, 0.15) is 42.4 Å². The fourth-order valence-electron chi connectivity index (χ4n) is 4.74. The van der Waals surface area contributed by atoms with Crippen LogP contribution in [-0.4, -0.2) is 39.6 Å². The molecule has 2 atom stereocenters. The van der Waals surface area contributed by atoms with Crippen molar-refractivity contribution in [2.75, 3.05) is 18.6 Å². The number of anilines is 1. The third kappa shape index (κ3) is 2.93. The van der Waals surface area contributed by atoms with Gasteiger partial charge in [-0.15, -0.1) is 0 Å². The highest BCUT2D eigenvalue weighted by molar-refractivity contribution is 5.61. The molecule has 0 spiro atoms. The molecule has 1 N–H and O–H groups in total. The summed E-state index contributed by atoms with van der Waals surface area (Å²) in [5.41, 5.74) is 4.62. The average Bonchev–Trinajstić information content (AvgIpc) is 3.14. The third-order valence-electron chi connectivity index (χ3n) is 6.03. The molecule has 5 rings (SSSR count). The number of piperidine rings is 1. The number of aryl methyl sites for hydroxylation is 2. The number of benzene rings is 1.